The highest BCUT2D eigenvalue weighted by Gasteiger charge is 2.22. The Balaban J connectivity index is 1.60. The van der Waals surface area contributed by atoms with E-state index in [0.717, 1.165) is 24.8 Å². The Bertz CT molecular complexity index is 970. The summed E-state index contributed by atoms with van der Waals surface area (Å²) in [6.45, 7) is 6.96. The smallest absolute Gasteiger partial charge is 0.270 e. The fraction of sp³-hybridized carbons (Fsp3) is 0.364. The van der Waals surface area contributed by atoms with Crippen molar-refractivity contribution in [2.75, 3.05) is 36.4 Å². The van der Waals surface area contributed by atoms with Crippen molar-refractivity contribution in [1.29, 1.82) is 0 Å². The maximum Gasteiger partial charge on any atom is 0.270 e. The number of hydrogen-bond donors (Lipinski definition) is 1. The van der Waals surface area contributed by atoms with Crippen LogP contribution in [-0.4, -0.2) is 47.8 Å². The summed E-state index contributed by atoms with van der Waals surface area (Å²) in [5.41, 5.74) is 1.41. The Morgan fingerprint density at radius 1 is 1.10 bits per heavy atom. The number of benzene rings is 2. The average Bonchev–Trinajstić information content (AvgIpc) is 2.74. The number of hydrogen-bond acceptors (Lipinski definition) is 5. The van der Waals surface area contributed by atoms with E-state index in [0.29, 0.717) is 31.1 Å². The fourth-order valence-corrected chi connectivity index (χ4v) is 3.65. The molecule has 2 amide bonds. The Morgan fingerprint density at radius 2 is 1.74 bits per heavy atom. The van der Waals surface area contributed by atoms with Crippen LogP contribution < -0.4 is 10.2 Å². The number of anilines is 2. The van der Waals surface area contributed by atoms with Gasteiger partial charge in [0.15, 0.2) is 0 Å². The number of amides is 2. The summed E-state index contributed by atoms with van der Waals surface area (Å²) < 4.78 is 0. The van der Waals surface area contributed by atoms with E-state index in [1.165, 1.54) is 12.1 Å². The number of non-ortho nitro benzene ring substituents is 1. The lowest BCUT2D eigenvalue weighted by atomic mass is 10.1. The monoisotopic (exact) mass is 444 g/mol. The molecule has 9 heteroatoms. The van der Waals surface area contributed by atoms with Crippen molar-refractivity contribution in [2.24, 2.45) is 5.92 Å². The van der Waals surface area contributed by atoms with Crippen molar-refractivity contribution in [3.05, 3.63) is 63.2 Å². The largest absolute Gasteiger partial charge is 0.368 e. The molecule has 1 saturated heterocycles. The van der Waals surface area contributed by atoms with Crippen molar-refractivity contribution >= 4 is 40.5 Å². The van der Waals surface area contributed by atoms with Crippen molar-refractivity contribution in [2.45, 2.75) is 20.3 Å². The first-order valence-corrected chi connectivity index (χ1v) is 10.5. The maximum atomic E-state index is 12.5. The van der Waals surface area contributed by atoms with Crippen LogP contribution in [0.25, 0.3) is 0 Å². The molecule has 1 fully saturated rings. The number of nitrogens with zero attached hydrogens (tertiary/aromatic N) is 3. The van der Waals surface area contributed by atoms with Crippen LogP contribution in [0.4, 0.5) is 17.1 Å². The van der Waals surface area contributed by atoms with Gasteiger partial charge >= 0.3 is 0 Å². The second kappa shape index (κ2) is 9.78. The molecule has 2 aromatic rings. The van der Waals surface area contributed by atoms with E-state index in [-0.39, 0.29) is 22.2 Å². The van der Waals surface area contributed by atoms with Crippen LogP contribution >= 0.6 is 11.6 Å². The standard InChI is InChI=1S/C22H25ClN4O4/c1-15(2)13-21(28)26-11-9-25(10-12-26)17-5-3-16(4-6-17)24-22(29)19-14-18(27(30)31)7-8-20(19)23/h3-8,14-15H,9-13H2,1-2H3,(H,24,29). The lowest BCUT2D eigenvalue weighted by Crippen LogP contribution is -2.49. The lowest BCUT2D eigenvalue weighted by molar-refractivity contribution is -0.384. The van der Waals surface area contributed by atoms with Crippen LogP contribution in [0.2, 0.25) is 5.02 Å². The lowest BCUT2D eigenvalue weighted by Gasteiger charge is -2.36. The van der Waals surface area contributed by atoms with Gasteiger partial charge < -0.3 is 15.1 Å². The first kappa shape index (κ1) is 22.6. The van der Waals surface area contributed by atoms with Gasteiger partial charge in [-0.25, -0.2) is 0 Å². The predicted molar refractivity (Wildman–Crippen MR) is 121 cm³/mol. The number of nitro benzene ring substituents is 1. The van der Waals surface area contributed by atoms with Gasteiger partial charge in [-0.3, -0.25) is 19.7 Å². The number of halogens is 1. The van der Waals surface area contributed by atoms with Crippen LogP contribution in [0.3, 0.4) is 0 Å². The van der Waals surface area contributed by atoms with Crippen LogP contribution in [-0.2, 0) is 4.79 Å². The van der Waals surface area contributed by atoms with Crippen LogP contribution in [0, 0.1) is 16.0 Å². The van der Waals surface area contributed by atoms with E-state index in [2.05, 4.69) is 10.2 Å². The summed E-state index contributed by atoms with van der Waals surface area (Å²) >= 11 is 6.03. The zero-order valence-corrected chi connectivity index (χ0v) is 18.3. The summed E-state index contributed by atoms with van der Waals surface area (Å²) in [4.78, 5) is 39.2. The third-order valence-corrected chi connectivity index (χ3v) is 5.44. The van der Waals surface area contributed by atoms with Gasteiger partial charge in [0.1, 0.15) is 0 Å². The number of piperazine rings is 1. The predicted octanol–water partition coefficient (Wildman–Crippen LogP) is 4.20. The second-order valence-electron chi connectivity index (χ2n) is 7.89. The minimum atomic E-state index is -0.571. The SMILES string of the molecule is CC(C)CC(=O)N1CCN(c2ccc(NC(=O)c3cc([N+](=O)[O-])ccc3Cl)cc2)CC1. The van der Waals surface area contributed by atoms with E-state index < -0.39 is 10.8 Å². The van der Waals surface area contributed by atoms with Gasteiger partial charge in [-0.1, -0.05) is 25.4 Å². The molecule has 0 bridgehead atoms. The molecule has 0 spiro atoms. The van der Waals surface area contributed by atoms with E-state index in [1.54, 1.807) is 12.1 Å². The summed E-state index contributed by atoms with van der Waals surface area (Å²) in [5, 5.41) is 13.8. The highest BCUT2D eigenvalue weighted by atomic mass is 35.5. The molecular weight excluding hydrogens is 420 g/mol. The van der Waals surface area contributed by atoms with Crippen LogP contribution in [0.1, 0.15) is 30.6 Å². The zero-order valence-electron chi connectivity index (χ0n) is 17.5. The third-order valence-electron chi connectivity index (χ3n) is 5.11. The van der Waals surface area contributed by atoms with Gasteiger partial charge in [0, 0.05) is 56.1 Å². The highest BCUT2D eigenvalue weighted by Crippen LogP contribution is 2.24. The summed E-state index contributed by atoms with van der Waals surface area (Å²) in [5.74, 6) is 0.0384. The highest BCUT2D eigenvalue weighted by molar-refractivity contribution is 6.34. The number of nitro groups is 1. The molecule has 0 radical (unpaired) electrons. The summed E-state index contributed by atoms with van der Waals surface area (Å²) in [6.07, 6.45) is 0.572. The molecule has 1 aliphatic heterocycles. The number of carbonyl (C=O) groups is 2. The molecule has 0 saturated carbocycles. The van der Waals surface area contributed by atoms with Gasteiger partial charge in [0.05, 0.1) is 15.5 Å². The van der Waals surface area contributed by atoms with Gasteiger partial charge in [0.25, 0.3) is 11.6 Å². The Morgan fingerprint density at radius 3 is 2.32 bits per heavy atom. The molecule has 2 aromatic carbocycles. The molecule has 164 valence electrons. The Labute approximate surface area is 185 Å². The molecule has 0 aromatic heterocycles. The van der Waals surface area contributed by atoms with Crippen molar-refractivity contribution in [1.82, 2.24) is 4.90 Å². The molecule has 0 atom stereocenters. The Kier molecular flexibility index (Phi) is 7.12. The molecule has 0 unspecified atom stereocenters. The third kappa shape index (κ3) is 5.73. The van der Waals surface area contributed by atoms with Crippen LogP contribution in [0.15, 0.2) is 42.5 Å². The van der Waals surface area contributed by atoms with Crippen molar-refractivity contribution < 1.29 is 14.5 Å². The number of rotatable bonds is 6. The van der Waals surface area contributed by atoms with Crippen molar-refractivity contribution in [3.63, 3.8) is 0 Å². The molecule has 3 rings (SSSR count). The average molecular weight is 445 g/mol. The van der Waals surface area contributed by atoms with E-state index >= 15 is 0 Å². The molecule has 1 heterocycles. The maximum absolute atomic E-state index is 12.5. The number of carbonyl (C=O) groups excluding carboxylic acids is 2. The quantitative estimate of drug-likeness (QED) is 0.532. The van der Waals surface area contributed by atoms with E-state index in [4.69, 9.17) is 11.6 Å². The fourth-order valence-electron chi connectivity index (χ4n) is 3.45. The van der Waals surface area contributed by atoms with E-state index in [9.17, 15) is 19.7 Å². The summed E-state index contributed by atoms with van der Waals surface area (Å²) in [7, 11) is 0. The Hall–Kier alpha value is -3.13. The second-order valence-corrected chi connectivity index (χ2v) is 8.30. The molecule has 1 N–H and O–H groups in total. The molecule has 0 aliphatic carbocycles. The molecule has 8 nitrogen and oxygen atoms in total. The van der Waals surface area contributed by atoms with Gasteiger partial charge in [0.2, 0.25) is 5.91 Å². The van der Waals surface area contributed by atoms with Crippen molar-refractivity contribution in [3.8, 4) is 0 Å². The van der Waals surface area contributed by atoms with Crippen LogP contribution in [0.5, 0.6) is 0 Å². The minimum absolute atomic E-state index is 0.0436. The minimum Gasteiger partial charge on any atom is -0.368 e. The van der Waals surface area contributed by atoms with Gasteiger partial charge in [-0.05, 0) is 36.2 Å². The first-order chi connectivity index (χ1) is 14.7. The molecular formula is C22H25ClN4O4. The molecule has 1 aliphatic rings. The normalized spacial score (nSPS) is 13.9. The summed E-state index contributed by atoms with van der Waals surface area (Å²) in [6, 6.07) is 11.1. The van der Waals surface area contributed by atoms with E-state index in [1.807, 2.05) is 30.9 Å². The topological polar surface area (TPSA) is 95.8 Å². The zero-order chi connectivity index (χ0) is 22.5. The van der Waals surface area contributed by atoms with Gasteiger partial charge in [-0.15, -0.1) is 0 Å². The molecule has 31 heavy (non-hydrogen) atoms. The van der Waals surface area contributed by atoms with Gasteiger partial charge in [-0.2, -0.15) is 0 Å². The number of nitrogens with one attached hydrogen (secondary N) is 1. The first-order valence-electron chi connectivity index (χ1n) is 10.1.